The summed E-state index contributed by atoms with van der Waals surface area (Å²) in [6.07, 6.45) is 0.934. The van der Waals surface area contributed by atoms with Crippen LogP contribution in [0, 0.1) is 5.92 Å². The Morgan fingerprint density at radius 3 is 2.59 bits per heavy atom. The average Bonchev–Trinajstić information content (AvgIpc) is 3.39. The van der Waals surface area contributed by atoms with Gasteiger partial charge in [-0.15, -0.1) is 5.10 Å². The summed E-state index contributed by atoms with van der Waals surface area (Å²) in [5, 5.41) is 18.7. The van der Waals surface area contributed by atoms with Crippen LogP contribution in [0.2, 0.25) is 0 Å². The number of nitrogens with zero attached hydrogens (tertiary/aromatic N) is 3. The number of aromatic nitrogens is 3. The molecule has 0 unspecified atom stereocenters. The molecule has 3 atom stereocenters. The second-order valence-electron chi connectivity index (χ2n) is 10.1. The van der Waals surface area contributed by atoms with Crippen LogP contribution in [0.15, 0.2) is 36.5 Å². The maximum absolute atomic E-state index is 13.5. The maximum Gasteiger partial charge on any atom is 0.408 e. The summed E-state index contributed by atoms with van der Waals surface area (Å²) < 4.78 is 11.6. The minimum absolute atomic E-state index is 0.00248. The minimum atomic E-state index is -1.15. The van der Waals surface area contributed by atoms with E-state index in [1.54, 1.807) is 18.3 Å². The third kappa shape index (κ3) is 10.2. The Labute approximate surface area is 237 Å². The van der Waals surface area contributed by atoms with Crippen LogP contribution in [-0.2, 0) is 48.2 Å². The van der Waals surface area contributed by atoms with Gasteiger partial charge in [0.25, 0.3) is 0 Å². The average molecular weight is 572 g/mol. The summed E-state index contributed by atoms with van der Waals surface area (Å²) in [4.78, 5) is 64.1. The molecule has 0 radical (unpaired) electrons. The van der Waals surface area contributed by atoms with Crippen molar-refractivity contribution >= 4 is 29.8 Å². The van der Waals surface area contributed by atoms with Crippen LogP contribution in [0.4, 0.5) is 4.79 Å². The van der Waals surface area contributed by atoms with Crippen molar-refractivity contribution in [3.63, 3.8) is 0 Å². The molecule has 0 aliphatic carbocycles. The van der Waals surface area contributed by atoms with E-state index in [0.29, 0.717) is 12.2 Å². The van der Waals surface area contributed by atoms with Gasteiger partial charge in [-0.2, -0.15) is 0 Å². The largest absolute Gasteiger partial charge is 0.467 e. The number of hydrogen-bond acceptors (Lipinski definition) is 9. The standard InChI is InChI=1S/C27H37N7O7/c1-17(2)13-21-24(36)29-20(26(38)40-3)9-10-23(35)28-11-12-34-15-19(32-33-34)14-22(25(37)30-21)31-27(39)41-16-18-7-5-4-6-8-18/h4-8,15,17,20-22H,9-14,16H2,1-3H3,(H,28,35)(H,29,36)(H,30,37)(H,31,39)/t20-,21-,22-/m0/s1. The number of hydrogen-bond donors (Lipinski definition) is 4. The lowest BCUT2D eigenvalue weighted by atomic mass is 10.0. The molecule has 14 nitrogen and oxygen atoms in total. The number of nitrogens with one attached hydrogen (secondary N) is 4. The third-order valence-electron chi connectivity index (χ3n) is 6.29. The Morgan fingerprint density at radius 1 is 1.12 bits per heavy atom. The molecule has 3 rings (SSSR count). The van der Waals surface area contributed by atoms with E-state index in [2.05, 4.69) is 31.6 Å². The molecule has 2 heterocycles. The van der Waals surface area contributed by atoms with E-state index in [0.717, 1.165) is 5.56 Å². The summed E-state index contributed by atoms with van der Waals surface area (Å²) in [5.74, 6) is -2.31. The van der Waals surface area contributed by atoms with Gasteiger partial charge in [-0.3, -0.25) is 19.1 Å². The molecule has 14 heteroatoms. The summed E-state index contributed by atoms with van der Waals surface area (Å²) >= 11 is 0. The Kier molecular flexibility index (Phi) is 11.6. The van der Waals surface area contributed by atoms with Gasteiger partial charge in [-0.1, -0.05) is 49.4 Å². The highest BCUT2D eigenvalue weighted by Gasteiger charge is 2.31. The van der Waals surface area contributed by atoms with Crippen molar-refractivity contribution in [2.45, 2.75) is 70.8 Å². The molecule has 41 heavy (non-hydrogen) atoms. The van der Waals surface area contributed by atoms with Crippen molar-refractivity contribution in [3.05, 3.63) is 47.8 Å². The lowest BCUT2D eigenvalue weighted by molar-refractivity contribution is -0.145. The van der Waals surface area contributed by atoms with Crippen molar-refractivity contribution in [2.75, 3.05) is 13.7 Å². The van der Waals surface area contributed by atoms with E-state index in [1.165, 1.54) is 11.8 Å². The van der Waals surface area contributed by atoms with Gasteiger partial charge in [0.05, 0.1) is 19.3 Å². The first-order valence-electron chi connectivity index (χ1n) is 13.5. The van der Waals surface area contributed by atoms with Crippen LogP contribution in [0.1, 0.15) is 44.4 Å². The molecule has 1 aromatic carbocycles. The summed E-state index contributed by atoms with van der Waals surface area (Å²) in [5.41, 5.74) is 1.17. The number of ether oxygens (including phenoxy) is 2. The quantitative estimate of drug-likeness (QED) is 0.352. The van der Waals surface area contributed by atoms with Gasteiger partial charge in [-0.05, 0) is 24.3 Å². The first kappa shape index (κ1) is 31.0. The number of methoxy groups -OCH3 is 1. The number of fused-ring (bicyclic) bond motifs is 2. The molecule has 1 aliphatic rings. The zero-order chi connectivity index (χ0) is 29.8. The fourth-order valence-corrected chi connectivity index (χ4v) is 4.18. The summed E-state index contributed by atoms with van der Waals surface area (Å²) in [6, 6.07) is 5.77. The molecule has 2 bridgehead atoms. The van der Waals surface area contributed by atoms with Gasteiger partial charge < -0.3 is 30.7 Å². The van der Waals surface area contributed by atoms with Crippen molar-refractivity contribution in [1.29, 1.82) is 0 Å². The number of esters is 1. The van der Waals surface area contributed by atoms with Crippen LogP contribution in [-0.4, -0.2) is 76.6 Å². The molecule has 4 N–H and O–H groups in total. The fourth-order valence-electron chi connectivity index (χ4n) is 4.18. The molecule has 1 aliphatic heterocycles. The zero-order valence-electron chi connectivity index (χ0n) is 23.4. The smallest absolute Gasteiger partial charge is 0.408 e. The number of carbonyl (C=O) groups is 5. The third-order valence-corrected chi connectivity index (χ3v) is 6.29. The first-order valence-corrected chi connectivity index (χ1v) is 13.5. The first-order chi connectivity index (χ1) is 19.6. The van der Waals surface area contributed by atoms with Crippen molar-refractivity contribution < 1.29 is 33.4 Å². The minimum Gasteiger partial charge on any atom is -0.467 e. The van der Waals surface area contributed by atoms with Crippen molar-refractivity contribution in [3.8, 4) is 0 Å². The molecule has 0 saturated heterocycles. The van der Waals surface area contributed by atoms with Crippen molar-refractivity contribution in [1.82, 2.24) is 36.3 Å². The summed E-state index contributed by atoms with van der Waals surface area (Å²) in [6.45, 7) is 4.28. The number of carbonyl (C=O) groups excluding carboxylic acids is 5. The van der Waals surface area contributed by atoms with E-state index < -0.39 is 42.0 Å². The Bertz CT molecular complexity index is 1200. The van der Waals surface area contributed by atoms with Crippen LogP contribution >= 0.6 is 0 Å². The Balaban J connectivity index is 1.84. The lowest BCUT2D eigenvalue weighted by Gasteiger charge is -2.25. The molecule has 2 aromatic rings. The Morgan fingerprint density at radius 2 is 1.88 bits per heavy atom. The number of benzene rings is 1. The van der Waals surface area contributed by atoms with Gasteiger partial charge in [0, 0.05) is 25.6 Å². The molecular formula is C27H37N7O7. The monoisotopic (exact) mass is 571 g/mol. The van der Waals surface area contributed by atoms with Crippen LogP contribution in [0.25, 0.3) is 0 Å². The predicted octanol–water partition coefficient (Wildman–Crippen LogP) is 0.214. The number of amides is 4. The van der Waals surface area contributed by atoms with Crippen LogP contribution in [0.3, 0.4) is 0 Å². The summed E-state index contributed by atoms with van der Waals surface area (Å²) in [7, 11) is 1.18. The highest BCUT2D eigenvalue weighted by molar-refractivity contribution is 5.93. The molecule has 0 fully saturated rings. The zero-order valence-corrected chi connectivity index (χ0v) is 23.4. The second kappa shape index (κ2) is 15.3. The highest BCUT2D eigenvalue weighted by Crippen LogP contribution is 2.10. The van der Waals surface area contributed by atoms with Crippen LogP contribution < -0.4 is 21.3 Å². The van der Waals surface area contributed by atoms with Gasteiger partial charge in [0.1, 0.15) is 24.7 Å². The maximum atomic E-state index is 13.5. The molecular weight excluding hydrogens is 534 g/mol. The van der Waals surface area contributed by atoms with E-state index in [9.17, 15) is 24.0 Å². The lowest BCUT2D eigenvalue weighted by Crippen LogP contribution is -2.56. The van der Waals surface area contributed by atoms with Gasteiger partial charge in [-0.25, -0.2) is 9.59 Å². The van der Waals surface area contributed by atoms with E-state index in [1.807, 2.05) is 32.0 Å². The van der Waals surface area contributed by atoms with E-state index in [4.69, 9.17) is 9.47 Å². The topological polar surface area (TPSA) is 183 Å². The molecule has 1 aromatic heterocycles. The molecule has 222 valence electrons. The van der Waals surface area contributed by atoms with Crippen molar-refractivity contribution in [2.24, 2.45) is 5.92 Å². The van der Waals surface area contributed by atoms with Gasteiger partial charge in [0.2, 0.25) is 17.7 Å². The SMILES string of the molecule is COC(=O)[C@@H]1CCC(=O)NCCn2cc(nn2)C[C@H](NC(=O)OCc2ccccc2)C(=O)N[C@@H](CC(C)C)C(=O)N1. The van der Waals surface area contributed by atoms with Gasteiger partial charge >= 0.3 is 12.1 Å². The Hall–Kier alpha value is -4.49. The van der Waals surface area contributed by atoms with Crippen LogP contribution in [0.5, 0.6) is 0 Å². The van der Waals surface area contributed by atoms with E-state index >= 15 is 0 Å². The molecule has 0 spiro atoms. The molecule has 0 saturated carbocycles. The fraction of sp³-hybridized carbons (Fsp3) is 0.519. The normalized spacial score (nSPS) is 20.7. The van der Waals surface area contributed by atoms with E-state index in [-0.39, 0.29) is 50.7 Å². The number of alkyl carbamates (subject to hydrolysis) is 1. The van der Waals surface area contributed by atoms with Gasteiger partial charge in [0.15, 0.2) is 0 Å². The highest BCUT2D eigenvalue weighted by atomic mass is 16.5. The predicted molar refractivity (Wildman–Crippen MR) is 145 cm³/mol. The second-order valence-corrected chi connectivity index (χ2v) is 10.1. The number of rotatable bonds is 6. The molecule has 4 amide bonds.